The molecular formula is C21H20O8. The van der Waals surface area contributed by atoms with Crippen LogP contribution in [0, 0.1) is 0 Å². The van der Waals surface area contributed by atoms with Gasteiger partial charge in [0.25, 0.3) is 0 Å². The maximum absolute atomic E-state index is 12.9. The molecule has 0 amide bonds. The van der Waals surface area contributed by atoms with Gasteiger partial charge in [-0.2, -0.15) is 0 Å². The number of rotatable bonds is 7. The summed E-state index contributed by atoms with van der Waals surface area (Å²) >= 11 is 0. The van der Waals surface area contributed by atoms with Crippen LogP contribution in [0.5, 0.6) is 23.0 Å². The second-order valence-corrected chi connectivity index (χ2v) is 6.17. The molecule has 8 nitrogen and oxygen atoms in total. The maximum atomic E-state index is 12.9. The second kappa shape index (κ2) is 9.50. The van der Waals surface area contributed by atoms with Crippen LogP contribution in [-0.4, -0.2) is 28.8 Å². The van der Waals surface area contributed by atoms with Crippen molar-refractivity contribution in [3.05, 3.63) is 47.5 Å². The van der Waals surface area contributed by atoms with Crippen molar-refractivity contribution in [3.8, 4) is 23.0 Å². The Balaban J connectivity index is 2.42. The lowest BCUT2D eigenvalue weighted by Crippen LogP contribution is -2.13. The van der Waals surface area contributed by atoms with Crippen LogP contribution in [0.3, 0.4) is 0 Å². The first-order valence-corrected chi connectivity index (χ1v) is 8.70. The first-order chi connectivity index (χ1) is 13.7. The van der Waals surface area contributed by atoms with E-state index in [2.05, 4.69) is 0 Å². The molecule has 0 aliphatic rings. The normalized spacial score (nSPS) is 10.2. The Bertz CT molecular complexity index is 907. The molecule has 0 aliphatic heterocycles. The predicted molar refractivity (Wildman–Crippen MR) is 101 cm³/mol. The number of aromatic hydroxyl groups is 1. The van der Waals surface area contributed by atoms with Crippen molar-refractivity contribution in [2.45, 2.75) is 33.6 Å². The van der Waals surface area contributed by atoms with Crippen LogP contribution >= 0.6 is 0 Å². The summed E-state index contributed by atoms with van der Waals surface area (Å²) in [7, 11) is 0. The lowest BCUT2D eigenvalue weighted by molar-refractivity contribution is -0.132. The number of hydrogen-bond acceptors (Lipinski definition) is 8. The van der Waals surface area contributed by atoms with Gasteiger partial charge in [-0.3, -0.25) is 19.2 Å². The zero-order valence-corrected chi connectivity index (χ0v) is 16.2. The first kappa shape index (κ1) is 21.6. The van der Waals surface area contributed by atoms with Crippen molar-refractivity contribution in [2.75, 3.05) is 0 Å². The van der Waals surface area contributed by atoms with Crippen molar-refractivity contribution in [1.82, 2.24) is 0 Å². The van der Waals surface area contributed by atoms with Gasteiger partial charge in [0.1, 0.15) is 28.6 Å². The van der Waals surface area contributed by atoms with Gasteiger partial charge in [-0.05, 0) is 24.1 Å². The summed E-state index contributed by atoms with van der Waals surface area (Å²) < 4.78 is 15.2. The average Bonchev–Trinajstić information content (AvgIpc) is 2.59. The van der Waals surface area contributed by atoms with E-state index in [4.69, 9.17) is 14.2 Å². The van der Waals surface area contributed by atoms with Gasteiger partial charge in [-0.25, -0.2) is 0 Å². The Labute approximate surface area is 167 Å². The van der Waals surface area contributed by atoms with Gasteiger partial charge in [0.15, 0.2) is 5.78 Å². The van der Waals surface area contributed by atoms with Gasteiger partial charge in [-0.1, -0.05) is 12.1 Å². The Kier molecular flexibility index (Phi) is 7.08. The fourth-order valence-corrected chi connectivity index (χ4v) is 2.58. The minimum absolute atomic E-state index is 0.0141. The fraction of sp³-hybridized carbons (Fsp3) is 0.238. The van der Waals surface area contributed by atoms with Gasteiger partial charge >= 0.3 is 17.9 Å². The summed E-state index contributed by atoms with van der Waals surface area (Å²) in [5.41, 5.74) is 0.695. The molecule has 0 bridgehead atoms. The standard InChI is InChI=1S/C21H20O8/c1-12(22)27-17-10-19(28-13(2)23)21(20(11-17)29-14(3)24)18(26)9-6-15-4-7-16(25)8-5-15/h4-5,7-8,10-11,25H,6,9H2,1-3H3. The third-order valence-corrected chi connectivity index (χ3v) is 3.66. The lowest BCUT2D eigenvalue weighted by atomic mass is 10.0. The Morgan fingerprint density at radius 3 is 1.72 bits per heavy atom. The van der Waals surface area contributed by atoms with E-state index < -0.39 is 23.7 Å². The van der Waals surface area contributed by atoms with Crippen molar-refractivity contribution >= 4 is 23.7 Å². The quantitative estimate of drug-likeness (QED) is 0.428. The molecule has 0 spiro atoms. The number of benzene rings is 2. The zero-order valence-electron chi connectivity index (χ0n) is 16.2. The summed E-state index contributed by atoms with van der Waals surface area (Å²) in [4.78, 5) is 47.1. The highest BCUT2D eigenvalue weighted by Gasteiger charge is 2.23. The SMILES string of the molecule is CC(=O)Oc1cc(OC(C)=O)c(C(=O)CCc2ccc(O)cc2)c(OC(C)=O)c1. The molecule has 2 rings (SSSR count). The van der Waals surface area contributed by atoms with Gasteiger partial charge in [0, 0.05) is 39.3 Å². The lowest BCUT2D eigenvalue weighted by Gasteiger charge is -2.15. The van der Waals surface area contributed by atoms with Crippen LogP contribution in [0.15, 0.2) is 36.4 Å². The number of carbonyl (C=O) groups excluding carboxylic acids is 4. The van der Waals surface area contributed by atoms with Crippen LogP contribution < -0.4 is 14.2 Å². The number of aryl methyl sites for hydroxylation is 1. The fourth-order valence-electron chi connectivity index (χ4n) is 2.58. The highest BCUT2D eigenvalue weighted by atomic mass is 16.6. The zero-order chi connectivity index (χ0) is 21.6. The molecule has 0 aromatic heterocycles. The van der Waals surface area contributed by atoms with E-state index in [1.165, 1.54) is 31.2 Å². The summed E-state index contributed by atoms with van der Waals surface area (Å²) in [5, 5.41) is 9.34. The van der Waals surface area contributed by atoms with Crippen LogP contribution in [0.25, 0.3) is 0 Å². The number of ether oxygens (including phenoxy) is 3. The van der Waals surface area contributed by atoms with E-state index in [9.17, 15) is 24.3 Å². The largest absolute Gasteiger partial charge is 0.508 e. The molecule has 152 valence electrons. The van der Waals surface area contributed by atoms with E-state index in [0.717, 1.165) is 19.4 Å². The molecule has 2 aromatic carbocycles. The molecule has 0 saturated heterocycles. The number of phenols is 1. The van der Waals surface area contributed by atoms with Crippen molar-refractivity contribution in [2.24, 2.45) is 0 Å². The molecular weight excluding hydrogens is 380 g/mol. The first-order valence-electron chi connectivity index (χ1n) is 8.70. The number of hydrogen-bond donors (Lipinski definition) is 1. The number of Topliss-reactive ketones (excluding diaryl/α,β-unsaturated/α-hetero) is 1. The van der Waals surface area contributed by atoms with Gasteiger partial charge in [0.05, 0.1) is 0 Å². The Morgan fingerprint density at radius 2 is 1.28 bits per heavy atom. The number of esters is 3. The van der Waals surface area contributed by atoms with E-state index in [1.807, 2.05) is 0 Å². The van der Waals surface area contributed by atoms with Crippen LogP contribution in [-0.2, 0) is 20.8 Å². The molecule has 8 heteroatoms. The predicted octanol–water partition coefficient (Wildman–Crippen LogP) is 2.98. The molecule has 0 heterocycles. The monoisotopic (exact) mass is 400 g/mol. The van der Waals surface area contributed by atoms with Crippen LogP contribution in [0.2, 0.25) is 0 Å². The van der Waals surface area contributed by atoms with Crippen LogP contribution in [0.1, 0.15) is 43.1 Å². The Hall–Kier alpha value is -3.68. The molecule has 2 aromatic rings. The summed E-state index contributed by atoms with van der Waals surface area (Å²) in [6.45, 7) is 3.47. The maximum Gasteiger partial charge on any atom is 0.308 e. The van der Waals surface area contributed by atoms with E-state index in [-0.39, 0.29) is 35.0 Å². The summed E-state index contributed by atoms with van der Waals surface area (Å²) in [6, 6.07) is 8.77. The smallest absolute Gasteiger partial charge is 0.308 e. The van der Waals surface area contributed by atoms with Crippen LogP contribution in [0.4, 0.5) is 0 Å². The third kappa shape index (κ3) is 6.46. The van der Waals surface area contributed by atoms with Crippen molar-refractivity contribution < 1.29 is 38.5 Å². The highest BCUT2D eigenvalue weighted by molar-refractivity contribution is 6.03. The van der Waals surface area contributed by atoms with E-state index in [1.54, 1.807) is 12.1 Å². The van der Waals surface area contributed by atoms with Gasteiger partial charge in [-0.15, -0.1) is 0 Å². The number of ketones is 1. The third-order valence-electron chi connectivity index (χ3n) is 3.66. The average molecular weight is 400 g/mol. The van der Waals surface area contributed by atoms with E-state index >= 15 is 0 Å². The molecule has 1 N–H and O–H groups in total. The van der Waals surface area contributed by atoms with Gasteiger partial charge < -0.3 is 19.3 Å². The summed E-state index contributed by atoms with van der Waals surface area (Å²) in [5.74, 6) is -2.78. The molecule has 0 saturated carbocycles. The Morgan fingerprint density at radius 1 is 0.793 bits per heavy atom. The minimum atomic E-state index is -0.702. The van der Waals surface area contributed by atoms with E-state index in [0.29, 0.717) is 6.42 Å². The molecule has 29 heavy (non-hydrogen) atoms. The van der Waals surface area contributed by atoms with Gasteiger partial charge in [0.2, 0.25) is 0 Å². The number of phenolic OH excluding ortho intramolecular Hbond substituents is 1. The topological polar surface area (TPSA) is 116 Å². The number of carbonyl (C=O) groups is 4. The molecule has 0 radical (unpaired) electrons. The second-order valence-electron chi connectivity index (χ2n) is 6.17. The van der Waals surface area contributed by atoms with Crippen molar-refractivity contribution in [3.63, 3.8) is 0 Å². The molecule has 0 unspecified atom stereocenters. The highest BCUT2D eigenvalue weighted by Crippen LogP contribution is 2.36. The van der Waals surface area contributed by atoms with Crippen molar-refractivity contribution in [1.29, 1.82) is 0 Å². The molecule has 0 atom stereocenters. The summed E-state index contributed by atoms with van der Waals surface area (Å²) in [6.07, 6.45) is 0.351. The molecule has 0 aliphatic carbocycles. The minimum Gasteiger partial charge on any atom is -0.508 e. The molecule has 0 fully saturated rings.